The van der Waals surface area contributed by atoms with E-state index in [4.69, 9.17) is 4.74 Å². The lowest BCUT2D eigenvalue weighted by Gasteiger charge is -2.32. The lowest BCUT2D eigenvalue weighted by atomic mass is 10.0. The fourth-order valence-electron chi connectivity index (χ4n) is 5.21. The summed E-state index contributed by atoms with van der Waals surface area (Å²) in [5.74, 6) is -0.402. The lowest BCUT2D eigenvalue weighted by molar-refractivity contribution is -0.141. The fourth-order valence-corrected chi connectivity index (χ4v) is 6.73. The van der Waals surface area contributed by atoms with Crippen LogP contribution in [0.25, 0.3) is 0 Å². The van der Waals surface area contributed by atoms with Gasteiger partial charge in [0.25, 0.3) is 0 Å². The number of aryl methyl sites for hydroxylation is 1. The molecule has 1 heterocycles. The third-order valence-electron chi connectivity index (χ3n) is 7.52. The number of carbonyl (C=O) groups excluding carboxylic acids is 2. The molecule has 1 unspecified atom stereocenters. The minimum absolute atomic E-state index is 0.123. The van der Waals surface area contributed by atoms with Crippen LogP contribution in [-0.4, -0.2) is 61.8 Å². The van der Waals surface area contributed by atoms with Gasteiger partial charge in [-0.25, -0.2) is 8.42 Å². The van der Waals surface area contributed by atoms with Crippen LogP contribution in [0, 0.1) is 0 Å². The standard InChI is InChI=1S/C34H43N3O5S/c1-27(2)42-25-11-22-35-34(39)33(30-14-7-4-8-15-30)37(26-29-12-5-3-6-13-29)32(38)21-18-28-16-19-31(20-17-28)43(40,41)36-23-9-10-24-36/h3-8,12-17,19-20,27,33H,9-11,18,21-26H2,1-2H3,(H,35,39). The molecule has 3 aromatic carbocycles. The molecule has 1 aliphatic heterocycles. The van der Waals surface area contributed by atoms with Crippen molar-refractivity contribution in [3.05, 3.63) is 102 Å². The molecule has 0 aliphatic carbocycles. The van der Waals surface area contributed by atoms with Crippen LogP contribution in [0.1, 0.15) is 62.3 Å². The highest BCUT2D eigenvalue weighted by Crippen LogP contribution is 2.26. The van der Waals surface area contributed by atoms with Crippen molar-refractivity contribution >= 4 is 21.8 Å². The van der Waals surface area contributed by atoms with Gasteiger partial charge >= 0.3 is 0 Å². The van der Waals surface area contributed by atoms with Crippen LogP contribution in [0.2, 0.25) is 0 Å². The summed E-state index contributed by atoms with van der Waals surface area (Å²) in [6.45, 7) is 6.31. The summed E-state index contributed by atoms with van der Waals surface area (Å²) in [5.41, 5.74) is 2.52. The first kappa shape index (κ1) is 32.4. The average molecular weight is 606 g/mol. The van der Waals surface area contributed by atoms with E-state index in [9.17, 15) is 18.0 Å². The average Bonchev–Trinajstić information content (AvgIpc) is 3.57. The van der Waals surface area contributed by atoms with Crippen molar-refractivity contribution in [2.45, 2.75) is 69.5 Å². The van der Waals surface area contributed by atoms with Crippen LogP contribution in [-0.2, 0) is 37.3 Å². The van der Waals surface area contributed by atoms with Crippen LogP contribution in [0.4, 0.5) is 0 Å². The Bertz CT molecular complexity index is 1410. The number of rotatable bonds is 15. The quantitative estimate of drug-likeness (QED) is 0.243. The molecule has 0 aromatic heterocycles. The highest BCUT2D eigenvalue weighted by molar-refractivity contribution is 7.89. The van der Waals surface area contributed by atoms with Crippen LogP contribution in [0.15, 0.2) is 89.8 Å². The molecule has 1 fully saturated rings. The summed E-state index contributed by atoms with van der Waals surface area (Å²) >= 11 is 0. The maximum absolute atomic E-state index is 13.9. The first-order valence-electron chi connectivity index (χ1n) is 15.1. The van der Waals surface area contributed by atoms with Gasteiger partial charge in [0, 0.05) is 39.2 Å². The molecule has 1 aliphatic rings. The highest BCUT2D eigenvalue weighted by atomic mass is 32.2. The molecule has 43 heavy (non-hydrogen) atoms. The van der Waals surface area contributed by atoms with E-state index in [0.717, 1.165) is 29.5 Å². The molecule has 8 nitrogen and oxygen atoms in total. The van der Waals surface area contributed by atoms with Gasteiger partial charge in [0.05, 0.1) is 11.0 Å². The molecule has 1 saturated heterocycles. The van der Waals surface area contributed by atoms with Crippen molar-refractivity contribution in [2.75, 3.05) is 26.2 Å². The van der Waals surface area contributed by atoms with E-state index < -0.39 is 16.1 Å². The molecule has 1 N–H and O–H groups in total. The number of amides is 2. The first-order chi connectivity index (χ1) is 20.8. The fraction of sp³-hybridized carbons (Fsp3) is 0.412. The lowest BCUT2D eigenvalue weighted by Crippen LogP contribution is -2.44. The molecule has 0 bridgehead atoms. The topological polar surface area (TPSA) is 96.0 Å². The summed E-state index contributed by atoms with van der Waals surface area (Å²) in [5, 5.41) is 3.02. The summed E-state index contributed by atoms with van der Waals surface area (Å²) in [7, 11) is -3.50. The monoisotopic (exact) mass is 605 g/mol. The number of sulfonamides is 1. The van der Waals surface area contributed by atoms with Crippen LogP contribution < -0.4 is 5.32 Å². The number of nitrogens with zero attached hydrogens (tertiary/aromatic N) is 2. The Hall–Kier alpha value is -3.53. The summed E-state index contributed by atoms with van der Waals surface area (Å²) in [4.78, 5) is 29.5. The third-order valence-corrected chi connectivity index (χ3v) is 9.43. The Morgan fingerprint density at radius 2 is 1.51 bits per heavy atom. The van der Waals surface area contributed by atoms with Crippen molar-refractivity contribution in [1.82, 2.24) is 14.5 Å². The molecule has 4 rings (SSSR count). The number of hydrogen-bond donors (Lipinski definition) is 1. The maximum Gasteiger partial charge on any atom is 0.247 e. The second-order valence-electron chi connectivity index (χ2n) is 11.1. The normalized spacial score (nSPS) is 14.5. The van der Waals surface area contributed by atoms with Crippen molar-refractivity contribution in [3.63, 3.8) is 0 Å². The molecule has 2 amide bonds. The van der Waals surface area contributed by atoms with Crippen LogP contribution in [0.5, 0.6) is 0 Å². The number of carbonyl (C=O) groups is 2. The third kappa shape index (κ3) is 9.23. The molecular formula is C34H43N3O5S. The van der Waals surface area contributed by atoms with Gasteiger partial charge in [-0.3, -0.25) is 9.59 Å². The Morgan fingerprint density at radius 3 is 2.14 bits per heavy atom. The highest BCUT2D eigenvalue weighted by Gasteiger charge is 2.31. The van der Waals surface area contributed by atoms with Crippen molar-refractivity contribution in [3.8, 4) is 0 Å². The minimum atomic E-state index is -3.50. The Labute approximate surface area is 256 Å². The predicted molar refractivity (Wildman–Crippen MR) is 168 cm³/mol. The molecule has 9 heteroatoms. The van der Waals surface area contributed by atoms with E-state index in [1.54, 1.807) is 29.2 Å². The summed E-state index contributed by atoms with van der Waals surface area (Å²) < 4.78 is 33.0. The van der Waals surface area contributed by atoms with Gasteiger partial charge in [-0.15, -0.1) is 0 Å². The zero-order valence-electron chi connectivity index (χ0n) is 25.2. The Morgan fingerprint density at radius 1 is 0.884 bits per heavy atom. The van der Waals surface area contributed by atoms with Gasteiger partial charge < -0.3 is 15.0 Å². The van der Waals surface area contributed by atoms with E-state index in [-0.39, 0.29) is 35.8 Å². The molecule has 0 spiro atoms. The van der Waals surface area contributed by atoms with Crippen molar-refractivity contribution in [2.24, 2.45) is 0 Å². The van der Waals surface area contributed by atoms with Crippen LogP contribution >= 0.6 is 0 Å². The van der Waals surface area contributed by atoms with E-state index in [0.29, 0.717) is 39.1 Å². The SMILES string of the molecule is CC(C)OCCCNC(=O)C(c1ccccc1)N(Cc1ccccc1)C(=O)CCc1ccc(S(=O)(=O)N2CCCC2)cc1. The van der Waals surface area contributed by atoms with E-state index >= 15 is 0 Å². The summed E-state index contributed by atoms with van der Waals surface area (Å²) in [6.07, 6.45) is 3.15. The predicted octanol–water partition coefficient (Wildman–Crippen LogP) is 5.11. The van der Waals surface area contributed by atoms with E-state index in [2.05, 4.69) is 5.32 Å². The second-order valence-corrected chi connectivity index (χ2v) is 13.1. The van der Waals surface area contributed by atoms with Gasteiger partial charge in [0.15, 0.2) is 0 Å². The number of benzene rings is 3. The van der Waals surface area contributed by atoms with Gasteiger partial charge in [0.2, 0.25) is 21.8 Å². The van der Waals surface area contributed by atoms with Gasteiger partial charge in [-0.05, 0) is 68.4 Å². The summed E-state index contributed by atoms with van der Waals surface area (Å²) in [6, 6.07) is 25.0. The Kier molecular flexibility index (Phi) is 11.9. The molecule has 0 radical (unpaired) electrons. The van der Waals surface area contributed by atoms with E-state index in [1.165, 1.54) is 4.31 Å². The van der Waals surface area contributed by atoms with Gasteiger partial charge in [-0.1, -0.05) is 72.8 Å². The second kappa shape index (κ2) is 15.8. The zero-order chi connectivity index (χ0) is 30.7. The number of hydrogen-bond acceptors (Lipinski definition) is 5. The molecule has 1 atom stereocenters. The first-order valence-corrected chi connectivity index (χ1v) is 16.6. The molecule has 3 aromatic rings. The zero-order valence-corrected chi connectivity index (χ0v) is 26.0. The number of ether oxygens (including phenoxy) is 1. The van der Waals surface area contributed by atoms with Gasteiger partial charge in [-0.2, -0.15) is 4.31 Å². The maximum atomic E-state index is 13.9. The number of nitrogens with one attached hydrogen (secondary N) is 1. The van der Waals surface area contributed by atoms with Crippen molar-refractivity contribution in [1.29, 1.82) is 0 Å². The molecule has 230 valence electrons. The molecular weight excluding hydrogens is 562 g/mol. The Balaban J connectivity index is 1.51. The minimum Gasteiger partial charge on any atom is -0.379 e. The smallest absolute Gasteiger partial charge is 0.247 e. The molecule has 0 saturated carbocycles. The van der Waals surface area contributed by atoms with Crippen LogP contribution in [0.3, 0.4) is 0 Å². The van der Waals surface area contributed by atoms with Gasteiger partial charge in [0.1, 0.15) is 6.04 Å². The van der Waals surface area contributed by atoms with E-state index in [1.807, 2.05) is 74.5 Å². The van der Waals surface area contributed by atoms with Crippen molar-refractivity contribution < 1.29 is 22.7 Å². The largest absolute Gasteiger partial charge is 0.379 e.